The lowest BCUT2D eigenvalue weighted by Crippen LogP contribution is -2.32. The smallest absolute Gasteiger partial charge is 0.232 e. The van der Waals surface area contributed by atoms with Gasteiger partial charge >= 0.3 is 0 Å². The van der Waals surface area contributed by atoms with Crippen LogP contribution in [0.25, 0.3) is 0 Å². The molecular weight excluding hydrogens is 384 g/mol. The fraction of sp³-hybridized carbons (Fsp3) is 0.350. The Morgan fingerprint density at radius 1 is 1.11 bits per heavy atom. The number of nitrogens with zero attached hydrogens (tertiary/aromatic N) is 1. The number of sulfonamides is 1. The molecule has 0 spiro atoms. The number of nitrogens with one attached hydrogen (secondary N) is 1. The van der Waals surface area contributed by atoms with Crippen LogP contribution in [-0.4, -0.2) is 27.1 Å². The highest BCUT2D eigenvalue weighted by molar-refractivity contribution is 7.92. The van der Waals surface area contributed by atoms with Gasteiger partial charge in [0.05, 0.1) is 18.0 Å². The Morgan fingerprint density at radius 3 is 2.26 bits per heavy atom. The number of rotatable bonds is 8. The minimum atomic E-state index is -3.44. The second-order valence-electron chi connectivity index (χ2n) is 6.61. The summed E-state index contributed by atoms with van der Waals surface area (Å²) in [6.07, 6.45) is 1.82. The molecule has 1 N–H and O–H groups in total. The molecule has 0 bridgehead atoms. The normalized spacial score (nSPS) is 12.4. The first-order chi connectivity index (χ1) is 12.7. The average molecular weight is 409 g/mol. The van der Waals surface area contributed by atoms with Crippen molar-refractivity contribution in [1.82, 2.24) is 5.32 Å². The van der Waals surface area contributed by atoms with Crippen molar-refractivity contribution in [1.29, 1.82) is 0 Å². The largest absolute Gasteiger partial charge is 0.350 e. The SMILES string of the molecule is Cc1ccc([C@H](C)NC(=O)CCCN(c2ccc(Cl)cc2)S(C)(=O)=O)cc1. The first-order valence-corrected chi connectivity index (χ1v) is 11.0. The minimum absolute atomic E-state index is 0.0969. The number of amides is 1. The Labute approximate surface area is 166 Å². The summed E-state index contributed by atoms with van der Waals surface area (Å²) >= 11 is 5.86. The van der Waals surface area contributed by atoms with Crippen LogP contribution in [0.15, 0.2) is 48.5 Å². The molecule has 1 amide bonds. The number of aryl methyl sites for hydroxylation is 1. The third-order valence-corrected chi connectivity index (χ3v) is 5.68. The van der Waals surface area contributed by atoms with Gasteiger partial charge in [0.25, 0.3) is 0 Å². The summed E-state index contributed by atoms with van der Waals surface area (Å²) in [7, 11) is -3.44. The van der Waals surface area contributed by atoms with E-state index in [-0.39, 0.29) is 24.9 Å². The first kappa shape index (κ1) is 21.3. The van der Waals surface area contributed by atoms with Crippen LogP contribution in [0.4, 0.5) is 5.69 Å². The lowest BCUT2D eigenvalue weighted by Gasteiger charge is -2.22. The van der Waals surface area contributed by atoms with Crippen molar-refractivity contribution in [3.63, 3.8) is 0 Å². The van der Waals surface area contributed by atoms with E-state index >= 15 is 0 Å². The quantitative estimate of drug-likeness (QED) is 0.715. The fourth-order valence-electron chi connectivity index (χ4n) is 2.73. The van der Waals surface area contributed by atoms with Crippen LogP contribution in [0.5, 0.6) is 0 Å². The lowest BCUT2D eigenvalue weighted by molar-refractivity contribution is -0.121. The van der Waals surface area contributed by atoms with Crippen LogP contribution in [-0.2, 0) is 14.8 Å². The first-order valence-electron chi connectivity index (χ1n) is 8.76. The number of halogens is 1. The van der Waals surface area contributed by atoms with Gasteiger partial charge in [0.2, 0.25) is 15.9 Å². The van der Waals surface area contributed by atoms with Crippen molar-refractivity contribution >= 4 is 33.2 Å². The van der Waals surface area contributed by atoms with Crippen LogP contribution in [0.3, 0.4) is 0 Å². The van der Waals surface area contributed by atoms with E-state index in [2.05, 4.69) is 5.32 Å². The van der Waals surface area contributed by atoms with Crippen molar-refractivity contribution in [3.05, 3.63) is 64.7 Å². The van der Waals surface area contributed by atoms with Crippen LogP contribution >= 0.6 is 11.6 Å². The second-order valence-corrected chi connectivity index (χ2v) is 8.96. The van der Waals surface area contributed by atoms with Crippen LogP contribution < -0.4 is 9.62 Å². The molecule has 7 heteroatoms. The minimum Gasteiger partial charge on any atom is -0.350 e. The van der Waals surface area contributed by atoms with Crippen molar-refractivity contribution in [2.24, 2.45) is 0 Å². The van der Waals surface area contributed by atoms with Crippen LogP contribution in [0.1, 0.15) is 36.9 Å². The van der Waals surface area contributed by atoms with Crippen LogP contribution in [0.2, 0.25) is 5.02 Å². The Bertz CT molecular complexity index is 865. The zero-order valence-electron chi connectivity index (χ0n) is 15.8. The zero-order valence-corrected chi connectivity index (χ0v) is 17.3. The molecule has 27 heavy (non-hydrogen) atoms. The van der Waals surface area contributed by atoms with Gasteiger partial charge in [0.15, 0.2) is 0 Å². The highest BCUT2D eigenvalue weighted by Gasteiger charge is 2.18. The lowest BCUT2D eigenvalue weighted by atomic mass is 10.1. The third-order valence-electron chi connectivity index (χ3n) is 4.23. The van der Waals surface area contributed by atoms with Crippen molar-refractivity contribution in [3.8, 4) is 0 Å². The van der Waals surface area contributed by atoms with Gasteiger partial charge in [0.1, 0.15) is 0 Å². The number of hydrogen-bond donors (Lipinski definition) is 1. The molecular formula is C20H25ClN2O3S. The summed E-state index contributed by atoms with van der Waals surface area (Å²) in [4.78, 5) is 12.2. The van der Waals surface area contributed by atoms with E-state index < -0.39 is 10.0 Å². The fourth-order valence-corrected chi connectivity index (χ4v) is 3.82. The Kier molecular flexibility index (Phi) is 7.27. The molecule has 5 nitrogen and oxygen atoms in total. The third kappa shape index (κ3) is 6.56. The summed E-state index contributed by atoms with van der Waals surface area (Å²) in [6, 6.07) is 14.5. The molecule has 0 aliphatic heterocycles. The summed E-state index contributed by atoms with van der Waals surface area (Å²) in [6.45, 7) is 4.17. The van der Waals surface area contributed by atoms with Crippen molar-refractivity contribution < 1.29 is 13.2 Å². The van der Waals surface area contributed by atoms with E-state index in [4.69, 9.17) is 11.6 Å². The molecule has 0 radical (unpaired) electrons. The Morgan fingerprint density at radius 2 is 1.70 bits per heavy atom. The van der Waals surface area contributed by atoms with Gasteiger partial charge in [-0.05, 0) is 50.1 Å². The molecule has 2 aromatic rings. The van der Waals surface area contributed by atoms with Crippen LogP contribution in [0, 0.1) is 6.92 Å². The molecule has 2 aromatic carbocycles. The Balaban J connectivity index is 1.91. The molecule has 0 fully saturated rings. The average Bonchev–Trinajstić information content (AvgIpc) is 2.59. The van der Waals surface area contributed by atoms with Gasteiger partial charge in [-0.3, -0.25) is 9.10 Å². The maximum Gasteiger partial charge on any atom is 0.232 e. The second kappa shape index (κ2) is 9.24. The molecule has 0 heterocycles. The maximum absolute atomic E-state index is 12.2. The molecule has 0 aliphatic carbocycles. The molecule has 1 atom stereocenters. The molecule has 2 rings (SSSR count). The predicted molar refractivity (Wildman–Crippen MR) is 111 cm³/mol. The molecule has 0 aliphatic rings. The molecule has 146 valence electrons. The topological polar surface area (TPSA) is 66.5 Å². The highest BCUT2D eigenvalue weighted by Crippen LogP contribution is 2.21. The van der Waals surface area contributed by atoms with Gasteiger partial charge < -0.3 is 5.32 Å². The molecule has 0 aromatic heterocycles. The molecule has 0 unspecified atom stereocenters. The number of carbonyl (C=O) groups excluding carboxylic acids is 1. The van der Waals surface area contributed by atoms with Gasteiger partial charge in [-0.25, -0.2) is 8.42 Å². The number of anilines is 1. The van der Waals surface area contributed by atoms with Crippen molar-refractivity contribution in [2.45, 2.75) is 32.7 Å². The number of carbonyl (C=O) groups is 1. The summed E-state index contributed by atoms with van der Waals surface area (Å²) < 4.78 is 25.4. The van der Waals surface area contributed by atoms with Gasteiger partial charge in [-0.2, -0.15) is 0 Å². The van der Waals surface area contributed by atoms with Crippen molar-refractivity contribution in [2.75, 3.05) is 17.1 Å². The maximum atomic E-state index is 12.2. The summed E-state index contributed by atoms with van der Waals surface area (Å²) in [5, 5.41) is 3.49. The van der Waals surface area contributed by atoms with Gasteiger partial charge in [-0.15, -0.1) is 0 Å². The van der Waals surface area contributed by atoms with E-state index in [0.717, 1.165) is 11.8 Å². The van der Waals surface area contributed by atoms with Gasteiger partial charge in [0, 0.05) is 18.0 Å². The van der Waals surface area contributed by atoms with Gasteiger partial charge in [-0.1, -0.05) is 41.4 Å². The monoisotopic (exact) mass is 408 g/mol. The Hall–Kier alpha value is -2.05. The standard InChI is InChI=1S/C20H25ClN2O3S/c1-15-6-8-17(9-7-15)16(2)22-20(24)5-4-14-23(27(3,25)26)19-12-10-18(21)11-13-19/h6-13,16H,4-5,14H2,1-3H3,(H,22,24)/t16-/m0/s1. The van der Waals surface area contributed by atoms with E-state index in [1.54, 1.807) is 24.3 Å². The molecule has 0 saturated heterocycles. The van der Waals surface area contributed by atoms with E-state index in [1.807, 2.05) is 38.1 Å². The summed E-state index contributed by atoms with van der Waals surface area (Å²) in [5.41, 5.74) is 2.74. The zero-order chi connectivity index (χ0) is 20.0. The number of benzene rings is 2. The van der Waals surface area contributed by atoms with E-state index in [0.29, 0.717) is 17.1 Å². The number of hydrogen-bond acceptors (Lipinski definition) is 3. The highest BCUT2D eigenvalue weighted by atomic mass is 35.5. The summed E-state index contributed by atoms with van der Waals surface area (Å²) in [5.74, 6) is -0.104. The molecule has 0 saturated carbocycles. The van der Waals surface area contributed by atoms with E-state index in [1.165, 1.54) is 9.87 Å². The predicted octanol–water partition coefficient (Wildman–Crippen LogP) is 4.07. The van der Waals surface area contributed by atoms with E-state index in [9.17, 15) is 13.2 Å².